The van der Waals surface area contributed by atoms with Crippen LogP contribution in [0.3, 0.4) is 0 Å². The lowest BCUT2D eigenvalue weighted by Crippen LogP contribution is -2.32. The molecule has 2 heterocycles. The van der Waals surface area contributed by atoms with Gasteiger partial charge in [-0.15, -0.1) is 0 Å². The number of anilines is 1. The smallest absolute Gasteiger partial charge is 0.133 e. The van der Waals surface area contributed by atoms with Gasteiger partial charge in [-0.1, -0.05) is 38.2 Å². The Labute approximate surface area is 185 Å². The summed E-state index contributed by atoms with van der Waals surface area (Å²) in [6.07, 6.45) is 12.0. The fraction of sp³-hybridized carbons (Fsp3) is 0.542. The Kier molecular flexibility index (Phi) is 6.70. The maximum Gasteiger partial charge on any atom is 0.133 e. The Morgan fingerprint density at radius 2 is 1.87 bits per heavy atom. The van der Waals surface area contributed by atoms with Gasteiger partial charge in [-0.25, -0.2) is 15.8 Å². The lowest BCUT2D eigenvalue weighted by molar-refractivity contribution is 0.356. The molecule has 2 aromatic rings. The van der Waals surface area contributed by atoms with E-state index in [9.17, 15) is 0 Å². The maximum absolute atomic E-state index is 6.52. The Morgan fingerprint density at radius 1 is 1.10 bits per heavy atom. The number of hydrogen-bond donors (Lipinski definition) is 3. The van der Waals surface area contributed by atoms with Crippen LogP contribution < -0.4 is 16.9 Å². The van der Waals surface area contributed by atoms with Gasteiger partial charge >= 0.3 is 0 Å². The summed E-state index contributed by atoms with van der Waals surface area (Å²) < 4.78 is 0. The predicted molar refractivity (Wildman–Crippen MR) is 125 cm³/mol. The summed E-state index contributed by atoms with van der Waals surface area (Å²) in [5, 5.41) is 4.90. The van der Waals surface area contributed by atoms with Crippen molar-refractivity contribution in [1.82, 2.24) is 20.0 Å². The van der Waals surface area contributed by atoms with Crippen molar-refractivity contribution in [3.05, 3.63) is 52.9 Å². The van der Waals surface area contributed by atoms with Crippen molar-refractivity contribution in [1.29, 1.82) is 0 Å². The van der Waals surface area contributed by atoms with Gasteiger partial charge < -0.3 is 16.1 Å². The van der Waals surface area contributed by atoms with E-state index in [1.54, 1.807) is 18.3 Å². The van der Waals surface area contributed by atoms with Crippen molar-refractivity contribution in [3.63, 3.8) is 0 Å². The molecule has 0 amide bonds. The average molecular weight is 422 g/mol. The summed E-state index contributed by atoms with van der Waals surface area (Å²) in [5.41, 5.74) is 11.0. The van der Waals surface area contributed by atoms with Crippen LogP contribution in [0, 0.1) is 12.8 Å². The minimum absolute atomic E-state index is 0.463. The third kappa shape index (κ3) is 5.53. The number of aromatic nitrogens is 3. The van der Waals surface area contributed by atoms with Gasteiger partial charge in [0.15, 0.2) is 0 Å². The van der Waals surface area contributed by atoms with E-state index in [4.69, 9.17) is 16.6 Å². The second-order valence-corrected chi connectivity index (χ2v) is 9.05. The van der Waals surface area contributed by atoms with Crippen LogP contribution in [0.5, 0.6) is 0 Å². The lowest BCUT2D eigenvalue weighted by atomic mass is 9.84. The van der Waals surface area contributed by atoms with E-state index < -0.39 is 0 Å². The minimum atomic E-state index is 0.463. The van der Waals surface area contributed by atoms with Crippen molar-refractivity contribution in [3.8, 4) is 0 Å². The van der Waals surface area contributed by atoms with Crippen LogP contribution in [-0.4, -0.2) is 33.6 Å². The van der Waals surface area contributed by atoms with Crippen molar-refractivity contribution in [2.45, 2.75) is 64.2 Å². The number of nitrogens with one attached hydrogen (secondary N) is 1. The Balaban J connectivity index is 1.47. The number of likely N-dealkylation sites (N-methyl/N-ethyl adjacent to an activating group) is 1. The maximum atomic E-state index is 6.52. The second kappa shape index (κ2) is 9.64. The topological polar surface area (TPSA) is 106 Å². The SMILES string of the molecule is Cc1nc(/C(N)=C(\CNc2ccnc(C3CC3)n2)N(C)N)ccc1CC1CCCCC1. The normalized spacial score (nSPS) is 17.9. The molecule has 7 heteroatoms. The van der Waals surface area contributed by atoms with Crippen LogP contribution in [0.1, 0.15) is 73.6 Å². The monoisotopic (exact) mass is 421 g/mol. The zero-order valence-corrected chi connectivity index (χ0v) is 18.8. The molecule has 0 unspecified atom stereocenters. The Hall–Kier alpha value is -2.67. The van der Waals surface area contributed by atoms with Crippen molar-refractivity contribution >= 4 is 11.5 Å². The van der Waals surface area contributed by atoms with Crippen LogP contribution in [0.15, 0.2) is 30.1 Å². The quantitative estimate of drug-likeness (QED) is 0.440. The molecule has 0 aliphatic heterocycles. The number of hydrazine groups is 1. The fourth-order valence-corrected chi connectivity index (χ4v) is 4.40. The van der Waals surface area contributed by atoms with Gasteiger partial charge in [0, 0.05) is 24.9 Å². The molecule has 0 saturated heterocycles. The molecule has 0 aromatic carbocycles. The number of hydrogen-bond acceptors (Lipinski definition) is 7. The molecule has 0 atom stereocenters. The molecule has 0 bridgehead atoms. The Morgan fingerprint density at radius 3 is 2.55 bits per heavy atom. The van der Waals surface area contributed by atoms with E-state index in [-0.39, 0.29) is 0 Å². The molecule has 0 radical (unpaired) electrons. The first-order valence-corrected chi connectivity index (χ1v) is 11.5. The summed E-state index contributed by atoms with van der Waals surface area (Å²) in [6, 6.07) is 6.09. The highest BCUT2D eigenvalue weighted by Crippen LogP contribution is 2.38. The molecule has 2 saturated carbocycles. The van der Waals surface area contributed by atoms with E-state index in [2.05, 4.69) is 28.3 Å². The number of nitrogens with two attached hydrogens (primary N) is 2. The molecule has 2 aromatic heterocycles. The summed E-state index contributed by atoms with van der Waals surface area (Å²) in [4.78, 5) is 13.8. The van der Waals surface area contributed by atoms with Crippen LogP contribution in [-0.2, 0) is 6.42 Å². The standard InChI is InChI=1S/C24H35N7/c1-16-19(14-17-6-4-3-5-7-17)10-11-20(29-16)23(25)21(31(2)26)15-28-22-12-13-27-24(30-22)18-8-9-18/h10-13,17-18H,3-9,14-15,25-26H2,1-2H3,(H,27,28,30)/b23-21-. The fourth-order valence-electron chi connectivity index (χ4n) is 4.40. The van der Waals surface area contributed by atoms with E-state index in [1.807, 2.05) is 12.1 Å². The average Bonchev–Trinajstić information content (AvgIpc) is 3.61. The molecule has 2 aliphatic carbocycles. The van der Waals surface area contributed by atoms with Gasteiger partial charge in [0.25, 0.3) is 0 Å². The molecule has 7 nitrogen and oxygen atoms in total. The zero-order valence-electron chi connectivity index (χ0n) is 18.8. The summed E-state index contributed by atoms with van der Waals surface area (Å²) in [5.74, 6) is 9.11. The second-order valence-electron chi connectivity index (χ2n) is 9.05. The molecular weight excluding hydrogens is 386 g/mol. The summed E-state index contributed by atoms with van der Waals surface area (Å²) >= 11 is 0. The molecule has 0 spiro atoms. The molecule has 2 fully saturated rings. The van der Waals surface area contributed by atoms with E-state index in [1.165, 1.54) is 50.5 Å². The first-order valence-electron chi connectivity index (χ1n) is 11.5. The molecule has 2 aliphatic rings. The summed E-state index contributed by atoms with van der Waals surface area (Å²) in [6.45, 7) is 2.55. The number of rotatable bonds is 8. The first-order chi connectivity index (χ1) is 15.0. The highest BCUT2D eigenvalue weighted by molar-refractivity contribution is 5.64. The first kappa shape index (κ1) is 21.6. The number of aryl methyl sites for hydroxylation is 1. The van der Waals surface area contributed by atoms with E-state index in [0.29, 0.717) is 18.2 Å². The highest BCUT2D eigenvalue weighted by Gasteiger charge is 2.26. The predicted octanol–water partition coefficient (Wildman–Crippen LogP) is 3.73. The molecular formula is C24H35N7. The van der Waals surface area contributed by atoms with E-state index >= 15 is 0 Å². The molecule has 31 heavy (non-hydrogen) atoms. The third-order valence-corrected chi connectivity index (χ3v) is 6.49. The molecule has 5 N–H and O–H groups in total. The summed E-state index contributed by atoms with van der Waals surface area (Å²) in [7, 11) is 1.80. The van der Waals surface area contributed by atoms with Gasteiger partial charge in [-0.3, -0.25) is 4.98 Å². The number of nitrogens with zero attached hydrogens (tertiary/aromatic N) is 4. The van der Waals surface area contributed by atoms with Gasteiger partial charge in [0.2, 0.25) is 0 Å². The van der Waals surface area contributed by atoms with Crippen molar-refractivity contribution in [2.24, 2.45) is 17.5 Å². The van der Waals surface area contributed by atoms with Crippen molar-refractivity contribution < 1.29 is 0 Å². The third-order valence-electron chi connectivity index (χ3n) is 6.49. The van der Waals surface area contributed by atoms with Gasteiger partial charge in [0.1, 0.15) is 11.6 Å². The Bertz CT molecular complexity index is 927. The molecule has 4 rings (SSSR count). The van der Waals surface area contributed by atoms with Gasteiger partial charge in [-0.05, 0) is 49.8 Å². The van der Waals surface area contributed by atoms with Gasteiger partial charge in [0.05, 0.1) is 23.6 Å². The van der Waals surface area contributed by atoms with Crippen LogP contribution >= 0.6 is 0 Å². The lowest BCUT2D eigenvalue weighted by Gasteiger charge is -2.23. The number of pyridine rings is 1. The largest absolute Gasteiger partial charge is 0.395 e. The van der Waals surface area contributed by atoms with Crippen LogP contribution in [0.4, 0.5) is 5.82 Å². The highest BCUT2D eigenvalue weighted by atomic mass is 15.4. The van der Waals surface area contributed by atoms with E-state index in [0.717, 1.165) is 41.1 Å². The minimum Gasteiger partial charge on any atom is -0.395 e. The molecule has 166 valence electrons. The van der Waals surface area contributed by atoms with Crippen LogP contribution in [0.2, 0.25) is 0 Å². The van der Waals surface area contributed by atoms with Crippen molar-refractivity contribution in [2.75, 3.05) is 18.9 Å². The van der Waals surface area contributed by atoms with Crippen LogP contribution in [0.25, 0.3) is 5.70 Å². The van der Waals surface area contributed by atoms with Gasteiger partial charge in [-0.2, -0.15) is 0 Å². The zero-order chi connectivity index (χ0) is 21.8.